The Kier molecular flexibility index (Phi) is 4.76. The van der Waals surface area contributed by atoms with Gasteiger partial charge in [-0.1, -0.05) is 18.2 Å². The highest BCUT2D eigenvalue weighted by Gasteiger charge is 2.26. The Balaban J connectivity index is 1.48. The maximum Gasteiger partial charge on any atom is 0.137 e. The highest BCUT2D eigenvalue weighted by atomic mass is 16.5. The molecule has 128 valence electrons. The first-order chi connectivity index (χ1) is 11.9. The van der Waals surface area contributed by atoms with E-state index in [9.17, 15) is 0 Å². The van der Waals surface area contributed by atoms with Gasteiger partial charge < -0.3 is 9.64 Å². The van der Waals surface area contributed by atoms with Crippen molar-refractivity contribution >= 4 is 5.69 Å². The zero-order chi connectivity index (χ0) is 16.2. The van der Waals surface area contributed by atoms with Crippen LogP contribution in [0.5, 0.6) is 0 Å². The molecule has 0 aliphatic carbocycles. The molecule has 1 aromatic carbocycles. The number of aromatic nitrogens is 3. The first-order valence-corrected chi connectivity index (χ1v) is 8.87. The van der Waals surface area contributed by atoms with Crippen LogP contribution in [0.3, 0.4) is 0 Å². The number of para-hydroxylation sites is 1. The van der Waals surface area contributed by atoms with Gasteiger partial charge in [-0.25, -0.2) is 4.98 Å². The van der Waals surface area contributed by atoms with Crippen LogP contribution in [0.25, 0.3) is 0 Å². The van der Waals surface area contributed by atoms with Crippen LogP contribution in [0, 0.1) is 0 Å². The molecule has 2 aromatic rings. The van der Waals surface area contributed by atoms with Crippen molar-refractivity contribution in [2.45, 2.75) is 32.0 Å². The quantitative estimate of drug-likeness (QED) is 0.838. The molecule has 4 rings (SSSR count). The number of hydrogen-bond acceptors (Lipinski definition) is 5. The number of nitrogens with zero attached hydrogens (tertiary/aromatic N) is 5. The third-order valence-corrected chi connectivity index (χ3v) is 5.08. The molecule has 24 heavy (non-hydrogen) atoms. The van der Waals surface area contributed by atoms with Gasteiger partial charge in [-0.3, -0.25) is 9.58 Å². The predicted molar refractivity (Wildman–Crippen MR) is 92.9 cm³/mol. The lowest BCUT2D eigenvalue weighted by Crippen LogP contribution is -2.38. The molecule has 1 atom stereocenters. The minimum absolute atomic E-state index is 0.546. The zero-order valence-electron chi connectivity index (χ0n) is 14.0. The first-order valence-electron chi connectivity index (χ1n) is 8.87. The van der Waals surface area contributed by atoms with Crippen LogP contribution in [0.4, 0.5) is 5.69 Å². The lowest BCUT2D eigenvalue weighted by Gasteiger charge is -2.32. The normalized spacial score (nSPS) is 22.2. The van der Waals surface area contributed by atoms with Gasteiger partial charge in [-0.05, 0) is 31.0 Å². The summed E-state index contributed by atoms with van der Waals surface area (Å²) in [5, 5.41) is 4.27. The summed E-state index contributed by atoms with van der Waals surface area (Å²) >= 11 is 0. The van der Waals surface area contributed by atoms with Gasteiger partial charge >= 0.3 is 0 Å². The molecule has 0 radical (unpaired) electrons. The van der Waals surface area contributed by atoms with Crippen molar-refractivity contribution < 1.29 is 4.74 Å². The molecule has 0 amide bonds. The average molecular weight is 327 g/mol. The van der Waals surface area contributed by atoms with Crippen molar-refractivity contribution in [2.24, 2.45) is 0 Å². The zero-order valence-corrected chi connectivity index (χ0v) is 14.0. The maximum atomic E-state index is 5.50. The molecular weight excluding hydrogens is 302 g/mol. The third-order valence-electron chi connectivity index (χ3n) is 5.08. The van der Waals surface area contributed by atoms with Gasteiger partial charge in [0.2, 0.25) is 0 Å². The Bertz CT molecular complexity index is 639. The Morgan fingerprint density at radius 2 is 2.00 bits per heavy atom. The summed E-state index contributed by atoms with van der Waals surface area (Å²) in [6, 6.07) is 9.37. The SMILES string of the molecule is c1ccc(N2CCOCC2)c(CN2CCCC2Cn2cncn2)c1. The Hall–Kier alpha value is -1.92. The molecule has 0 bridgehead atoms. The summed E-state index contributed by atoms with van der Waals surface area (Å²) in [7, 11) is 0. The van der Waals surface area contributed by atoms with Gasteiger partial charge in [0.1, 0.15) is 12.7 Å². The fourth-order valence-electron chi connectivity index (χ4n) is 3.83. The molecule has 3 heterocycles. The van der Waals surface area contributed by atoms with Crippen molar-refractivity contribution in [3.8, 4) is 0 Å². The number of morpholine rings is 1. The van der Waals surface area contributed by atoms with Crippen LogP contribution in [-0.4, -0.2) is 58.6 Å². The molecule has 6 heteroatoms. The topological polar surface area (TPSA) is 46.4 Å². The third kappa shape index (κ3) is 3.44. The Morgan fingerprint density at radius 3 is 2.83 bits per heavy atom. The van der Waals surface area contributed by atoms with Crippen LogP contribution in [-0.2, 0) is 17.8 Å². The van der Waals surface area contributed by atoms with Crippen molar-refractivity contribution in [2.75, 3.05) is 37.7 Å². The van der Waals surface area contributed by atoms with E-state index in [1.165, 1.54) is 24.1 Å². The average Bonchev–Trinajstić information content (AvgIpc) is 3.29. The number of rotatable bonds is 5. The van der Waals surface area contributed by atoms with E-state index in [0.717, 1.165) is 45.9 Å². The number of likely N-dealkylation sites (tertiary alicyclic amines) is 1. The van der Waals surface area contributed by atoms with Crippen LogP contribution in [0.1, 0.15) is 18.4 Å². The fraction of sp³-hybridized carbons (Fsp3) is 0.556. The number of ether oxygens (including phenoxy) is 1. The van der Waals surface area contributed by atoms with Gasteiger partial charge in [0.15, 0.2) is 0 Å². The fourth-order valence-corrected chi connectivity index (χ4v) is 3.83. The molecule has 2 saturated heterocycles. The summed E-state index contributed by atoms with van der Waals surface area (Å²) < 4.78 is 7.46. The van der Waals surface area contributed by atoms with E-state index in [1.807, 2.05) is 11.0 Å². The van der Waals surface area contributed by atoms with Crippen LogP contribution >= 0.6 is 0 Å². The summed E-state index contributed by atoms with van der Waals surface area (Å²) in [4.78, 5) is 9.12. The Morgan fingerprint density at radius 1 is 1.12 bits per heavy atom. The van der Waals surface area contributed by atoms with Crippen LogP contribution < -0.4 is 4.90 Å². The molecule has 0 spiro atoms. The minimum atomic E-state index is 0.546. The van der Waals surface area contributed by atoms with E-state index >= 15 is 0 Å². The molecule has 0 N–H and O–H groups in total. The lowest BCUT2D eigenvalue weighted by molar-refractivity contribution is 0.122. The molecule has 2 fully saturated rings. The highest BCUT2D eigenvalue weighted by Crippen LogP contribution is 2.27. The second-order valence-electron chi connectivity index (χ2n) is 6.61. The standard InChI is InChI=1S/C18H25N5O/c1-2-6-18(21-8-10-24-11-9-21)16(4-1)12-22-7-3-5-17(22)13-23-15-19-14-20-23/h1-2,4,6,14-15,17H,3,5,7-13H2. The molecule has 0 saturated carbocycles. The maximum absolute atomic E-state index is 5.50. The van der Waals surface area contributed by atoms with E-state index in [0.29, 0.717) is 6.04 Å². The van der Waals surface area contributed by atoms with Crippen molar-refractivity contribution in [1.29, 1.82) is 0 Å². The first kappa shape index (κ1) is 15.6. The largest absolute Gasteiger partial charge is 0.378 e. The van der Waals surface area contributed by atoms with E-state index < -0.39 is 0 Å². The van der Waals surface area contributed by atoms with E-state index in [4.69, 9.17) is 4.74 Å². The minimum Gasteiger partial charge on any atom is -0.378 e. The van der Waals surface area contributed by atoms with Crippen molar-refractivity contribution in [3.05, 3.63) is 42.5 Å². The summed E-state index contributed by atoms with van der Waals surface area (Å²) in [5.74, 6) is 0. The van der Waals surface area contributed by atoms with Gasteiger partial charge in [0.25, 0.3) is 0 Å². The van der Waals surface area contributed by atoms with E-state index in [2.05, 4.69) is 44.1 Å². The summed E-state index contributed by atoms with van der Waals surface area (Å²) in [6.45, 7) is 6.72. The molecule has 1 unspecified atom stereocenters. The van der Waals surface area contributed by atoms with Gasteiger partial charge in [0, 0.05) is 31.4 Å². The van der Waals surface area contributed by atoms with Gasteiger partial charge in [0.05, 0.1) is 19.8 Å². The summed E-state index contributed by atoms with van der Waals surface area (Å²) in [6.07, 6.45) is 5.93. The monoisotopic (exact) mass is 327 g/mol. The van der Waals surface area contributed by atoms with Crippen molar-refractivity contribution in [1.82, 2.24) is 19.7 Å². The smallest absolute Gasteiger partial charge is 0.137 e. The molecule has 2 aliphatic heterocycles. The van der Waals surface area contributed by atoms with Crippen LogP contribution in [0.2, 0.25) is 0 Å². The molecule has 1 aromatic heterocycles. The number of anilines is 1. The van der Waals surface area contributed by atoms with E-state index in [-0.39, 0.29) is 0 Å². The second kappa shape index (κ2) is 7.32. The highest BCUT2D eigenvalue weighted by molar-refractivity contribution is 5.54. The Labute approximate surface area is 143 Å². The van der Waals surface area contributed by atoms with Gasteiger partial charge in [-0.15, -0.1) is 0 Å². The molecular formula is C18H25N5O. The van der Waals surface area contributed by atoms with Crippen LogP contribution in [0.15, 0.2) is 36.9 Å². The van der Waals surface area contributed by atoms with E-state index in [1.54, 1.807) is 6.33 Å². The summed E-state index contributed by atoms with van der Waals surface area (Å²) in [5.41, 5.74) is 2.79. The van der Waals surface area contributed by atoms with Crippen molar-refractivity contribution in [3.63, 3.8) is 0 Å². The molecule has 2 aliphatic rings. The second-order valence-corrected chi connectivity index (χ2v) is 6.61. The number of hydrogen-bond donors (Lipinski definition) is 0. The lowest BCUT2D eigenvalue weighted by atomic mass is 10.1. The molecule has 6 nitrogen and oxygen atoms in total. The van der Waals surface area contributed by atoms with Gasteiger partial charge in [-0.2, -0.15) is 5.10 Å². The predicted octanol–water partition coefficient (Wildman–Crippen LogP) is 1.78. The number of benzene rings is 1.